The summed E-state index contributed by atoms with van der Waals surface area (Å²) in [5.74, 6) is -1.64. The van der Waals surface area contributed by atoms with Crippen molar-refractivity contribution in [2.75, 3.05) is 6.54 Å². The largest absolute Gasteiger partial charge is 0.346 e. The minimum atomic E-state index is -3.73. The van der Waals surface area contributed by atoms with Crippen LogP contribution >= 0.6 is 11.3 Å². The number of amides is 2. The predicted octanol–water partition coefficient (Wildman–Crippen LogP) is 1.69. The molecule has 7 nitrogen and oxygen atoms in total. The highest BCUT2D eigenvalue weighted by molar-refractivity contribution is 7.93. The number of hydrogen-bond acceptors (Lipinski definition) is 6. The first kappa shape index (κ1) is 20.1. The smallest absolute Gasteiger partial charge is 0.309 e. The summed E-state index contributed by atoms with van der Waals surface area (Å²) in [6.45, 7) is 3.44. The molecule has 2 atom stereocenters. The molecule has 2 N–H and O–H groups in total. The molecule has 2 rings (SSSR count). The molecule has 0 aliphatic rings. The number of sulfone groups is 1. The van der Waals surface area contributed by atoms with Crippen LogP contribution in [0.15, 0.2) is 46.2 Å². The van der Waals surface area contributed by atoms with Crippen molar-refractivity contribution < 1.29 is 18.0 Å². The van der Waals surface area contributed by atoms with E-state index in [2.05, 4.69) is 15.6 Å². The zero-order valence-electron chi connectivity index (χ0n) is 14.5. The van der Waals surface area contributed by atoms with Gasteiger partial charge >= 0.3 is 11.8 Å². The van der Waals surface area contributed by atoms with Gasteiger partial charge in [-0.3, -0.25) is 14.6 Å². The third-order valence-electron chi connectivity index (χ3n) is 3.85. The second-order valence-corrected chi connectivity index (χ2v) is 9.05. The van der Waals surface area contributed by atoms with Gasteiger partial charge in [0, 0.05) is 25.0 Å². The van der Waals surface area contributed by atoms with E-state index in [4.69, 9.17) is 0 Å². The Morgan fingerprint density at radius 2 is 2.00 bits per heavy atom. The van der Waals surface area contributed by atoms with Gasteiger partial charge in [0.1, 0.15) is 9.46 Å². The first-order valence-electron chi connectivity index (χ1n) is 8.12. The summed E-state index contributed by atoms with van der Waals surface area (Å²) >= 11 is 1.10. The minimum Gasteiger partial charge on any atom is -0.346 e. The van der Waals surface area contributed by atoms with Gasteiger partial charge in [0.25, 0.3) is 0 Å². The number of thiophene rings is 1. The van der Waals surface area contributed by atoms with Gasteiger partial charge in [-0.2, -0.15) is 0 Å². The summed E-state index contributed by atoms with van der Waals surface area (Å²) in [5.41, 5.74) is 0.448. The Labute approximate surface area is 156 Å². The van der Waals surface area contributed by atoms with Crippen LogP contribution in [0.2, 0.25) is 0 Å². The molecule has 0 aliphatic carbocycles. The molecular formula is C17H21N3O4S2. The number of aromatic nitrogens is 1. The highest BCUT2D eigenvalue weighted by Gasteiger charge is 2.31. The Bertz CT molecular complexity index is 836. The minimum absolute atomic E-state index is 0.141. The molecule has 0 bridgehead atoms. The van der Waals surface area contributed by atoms with Gasteiger partial charge in [-0.05, 0) is 36.4 Å². The summed E-state index contributed by atoms with van der Waals surface area (Å²) in [6.07, 6.45) is 3.67. The van der Waals surface area contributed by atoms with E-state index in [-0.39, 0.29) is 16.8 Å². The van der Waals surface area contributed by atoms with E-state index in [1.165, 1.54) is 18.5 Å². The fourth-order valence-electron chi connectivity index (χ4n) is 2.20. The SMILES string of the molecule is CC[C@@H](C)NC(=O)C(=O)NC[C@H](c1cccnc1)S(=O)(=O)c1cccs1. The van der Waals surface area contributed by atoms with Gasteiger partial charge in [0.2, 0.25) is 0 Å². The fourth-order valence-corrected chi connectivity index (χ4v) is 5.04. The van der Waals surface area contributed by atoms with E-state index in [0.717, 1.165) is 11.3 Å². The van der Waals surface area contributed by atoms with Gasteiger partial charge in [0.15, 0.2) is 9.84 Å². The van der Waals surface area contributed by atoms with E-state index < -0.39 is 26.9 Å². The van der Waals surface area contributed by atoms with Crippen LogP contribution in [-0.2, 0) is 19.4 Å². The van der Waals surface area contributed by atoms with Gasteiger partial charge in [-0.1, -0.05) is 19.1 Å². The molecule has 0 fully saturated rings. The molecule has 0 saturated carbocycles. The molecule has 2 heterocycles. The average Bonchev–Trinajstić information content (AvgIpc) is 3.17. The number of rotatable bonds is 7. The maximum Gasteiger partial charge on any atom is 0.309 e. The van der Waals surface area contributed by atoms with Crippen molar-refractivity contribution >= 4 is 33.0 Å². The van der Waals surface area contributed by atoms with Crippen molar-refractivity contribution in [2.24, 2.45) is 0 Å². The van der Waals surface area contributed by atoms with Crippen LogP contribution in [0, 0.1) is 0 Å². The lowest BCUT2D eigenvalue weighted by Gasteiger charge is -2.18. The lowest BCUT2D eigenvalue weighted by molar-refractivity contribution is -0.139. The van der Waals surface area contributed by atoms with Crippen LogP contribution in [0.1, 0.15) is 31.1 Å². The number of pyridine rings is 1. The van der Waals surface area contributed by atoms with E-state index in [1.54, 1.807) is 30.5 Å². The molecule has 2 aromatic heterocycles. The third-order valence-corrected chi connectivity index (χ3v) is 7.38. The molecule has 0 radical (unpaired) electrons. The first-order chi connectivity index (χ1) is 12.4. The summed E-state index contributed by atoms with van der Waals surface area (Å²) < 4.78 is 26.1. The number of carbonyl (C=O) groups excluding carboxylic acids is 2. The topological polar surface area (TPSA) is 105 Å². The standard InChI is InChI=1S/C17H21N3O4S2/c1-3-12(2)20-17(22)16(21)19-11-14(13-6-4-8-18-10-13)26(23,24)15-7-5-9-25-15/h4-10,12,14H,3,11H2,1-2H3,(H,19,21)(H,20,22)/t12-,14-/m1/s1. The number of carbonyl (C=O) groups is 2. The zero-order chi connectivity index (χ0) is 19.2. The second kappa shape index (κ2) is 8.91. The van der Waals surface area contributed by atoms with E-state index in [9.17, 15) is 18.0 Å². The molecule has 9 heteroatoms. The Morgan fingerprint density at radius 3 is 2.58 bits per heavy atom. The molecule has 0 spiro atoms. The maximum absolute atomic E-state index is 12.9. The Kier molecular flexibility index (Phi) is 6.87. The highest BCUT2D eigenvalue weighted by Crippen LogP contribution is 2.30. The van der Waals surface area contributed by atoms with Crippen molar-refractivity contribution in [1.29, 1.82) is 0 Å². The Morgan fingerprint density at radius 1 is 1.23 bits per heavy atom. The van der Waals surface area contributed by atoms with Crippen LogP contribution < -0.4 is 10.6 Å². The predicted molar refractivity (Wildman–Crippen MR) is 99.4 cm³/mol. The quantitative estimate of drug-likeness (QED) is 0.694. The van der Waals surface area contributed by atoms with Crippen molar-refractivity contribution in [3.63, 3.8) is 0 Å². The molecule has 26 heavy (non-hydrogen) atoms. The molecule has 0 saturated heterocycles. The average molecular weight is 396 g/mol. The second-order valence-electron chi connectivity index (χ2n) is 5.74. The zero-order valence-corrected chi connectivity index (χ0v) is 16.1. The monoisotopic (exact) mass is 395 g/mol. The summed E-state index contributed by atoms with van der Waals surface area (Å²) in [6, 6.07) is 6.28. The molecule has 0 unspecified atom stereocenters. The van der Waals surface area contributed by atoms with Gasteiger partial charge in [-0.15, -0.1) is 11.3 Å². The molecule has 2 amide bonds. The Hall–Kier alpha value is -2.26. The molecule has 2 aromatic rings. The van der Waals surface area contributed by atoms with E-state index in [1.807, 2.05) is 6.92 Å². The van der Waals surface area contributed by atoms with Crippen LogP contribution in [0.4, 0.5) is 0 Å². The van der Waals surface area contributed by atoms with Crippen LogP contribution in [-0.4, -0.2) is 37.8 Å². The number of hydrogen-bond donors (Lipinski definition) is 2. The van der Waals surface area contributed by atoms with Gasteiger partial charge in [0.05, 0.1) is 0 Å². The van der Waals surface area contributed by atoms with Gasteiger partial charge < -0.3 is 10.6 Å². The molecular weight excluding hydrogens is 374 g/mol. The van der Waals surface area contributed by atoms with Gasteiger partial charge in [-0.25, -0.2) is 8.42 Å². The van der Waals surface area contributed by atoms with Crippen molar-refractivity contribution in [3.8, 4) is 0 Å². The van der Waals surface area contributed by atoms with Crippen LogP contribution in [0.25, 0.3) is 0 Å². The molecule has 140 valence electrons. The van der Waals surface area contributed by atoms with E-state index >= 15 is 0 Å². The fraction of sp³-hybridized carbons (Fsp3) is 0.353. The van der Waals surface area contributed by atoms with Crippen molar-refractivity contribution in [1.82, 2.24) is 15.6 Å². The highest BCUT2D eigenvalue weighted by atomic mass is 32.2. The van der Waals surface area contributed by atoms with E-state index in [0.29, 0.717) is 12.0 Å². The number of nitrogens with one attached hydrogen (secondary N) is 2. The summed E-state index contributed by atoms with van der Waals surface area (Å²) in [4.78, 5) is 27.8. The van der Waals surface area contributed by atoms with Crippen molar-refractivity contribution in [2.45, 2.75) is 35.8 Å². The maximum atomic E-state index is 12.9. The Balaban J connectivity index is 2.19. The van der Waals surface area contributed by atoms with Crippen molar-refractivity contribution in [3.05, 3.63) is 47.6 Å². The van der Waals surface area contributed by atoms with Crippen LogP contribution in [0.3, 0.4) is 0 Å². The lowest BCUT2D eigenvalue weighted by Crippen LogP contribution is -2.45. The molecule has 0 aliphatic heterocycles. The van der Waals surface area contributed by atoms with Crippen LogP contribution in [0.5, 0.6) is 0 Å². The normalized spacial score (nSPS) is 13.6. The number of nitrogens with zero attached hydrogens (tertiary/aromatic N) is 1. The first-order valence-corrected chi connectivity index (χ1v) is 10.5. The molecule has 0 aromatic carbocycles. The summed E-state index contributed by atoms with van der Waals surface area (Å²) in [7, 11) is -3.73. The summed E-state index contributed by atoms with van der Waals surface area (Å²) in [5, 5.41) is 5.61. The lowest BCUT2D eigenvalue weighted by atomic mass is 10.2. The third kappa shape index (κ3) is 4.89.